The molecule has 1 saturated heterocycles. The highest BCUT2D eigenvalue weighted by Crippen LogP contribution is 2.35. The van der Waals surface area contributed by atoms with Crippen molar-refractivity contribution < 1.29 is 14.0 Å². The topological polar surface area (TPSA) is 58.4 Å². The number of amides is 1. The first-order valence-electron chi connectivity index (χ1n) is 13.5. The highest BCUT2D eigenvalue weighted by molar-refractivity contribution is 6.35. The first-order chi connectivity index (χ1) is 18.1. The van der Waals surface area contributed by atoms with E-state index in [1.165, 1.54) is 12.1 Å². The lowest BCUT2D eigenvalue weighted by Gasteiger charge is -2.30. The van der Waals surface area contributed by atoms with E-state index in [1.54, 1.807) is 30.4 Å². The number of benzene rings is 1. The summed E-state index contributed by atoms with van der Waals surface area (Å²) >= 11 is 6.69. The van der Waals surface area contributed by atoms with Gasteiger partial charge in [0.1, 0.15) is 12.1 Å². The molecule has 0 radical (unpaired) electrons. The Labute approximate surface area is 229 Å². The summed E-state index contributed by atoms with van der Waals surface area (Å²) < 4.78 is 16.3. The van der Waals surface area contributed by atoms with Crippen molar-refractivity contribution in [2.75, 3.05) is 20.1 Å². The fourth-order valence-corrected chi connectivity index (χ4v) is 5.98. The molecule has 1 amide bonds. The van der Waals surface area contributed by atoms with Crippen LogP contribution in [0.4, 0.5) is 4.39 Å². The Balaban J connectivity index is 1.70. The number of halogens is 2. The van der Waals surface area contributed by atoms with Crippen LogP contribution in [-0.2, 0) is 11.2 Å². The quantitative estimate of drug-likeness (QED) is 0.289. The van der Waals surface area contributed by atoms with Crippen LogP contribution < -0.4 is 0 Å². The Morgan fingerprint density at radius 3 is 2.71 bits per heavy atom. The summed E-state index contributed by atoms with van der Waals surface area (Å²) in [5.41, 5.74) is 2.78. The lowest BCUT2D eigenvalue weighted by molar-refractivity contribution is -0.108. The molecule has 0 aliphatic carbocycles. The molecule has 4 rings (SSSR count). The van der Waals surface area contributed by atoms with Gasteiger partial charge in [0, 0.05) is 49.9 Å². The Kier molecular flexibility index (Phi) is 8.89. The molecule has 0 saturated carbocycles. The van der Waals surface area contributed by atoms with Crippen LogP contribution in [0.25, 0.3) is 16.6 Å². The van der Waals surface area contributed by atoms with Gasteiger partial charge in [-0.15, -0.1) is 0 Å². The molecular formula is C30H38ClFN4O2. The third-order valence-corrected chi connectivity index (χ3v) is 8.22. The van der Waals surface area contributed by atoms with Crippen molar-refractivity contribution in [2.24, 2.45) is 11.8 Å². The lowest BCUT2D eigenvalue weighted by Crippen LogP contribution is -2.37. The fraction of sp³-hybridized carbons (Fsp3) is 0.500. The summed E-state index contributed by atoms with van der Waals surface area (Å²) in [6.45, 7) is 10.3. The van der Waals surface area contributed by atoms with Gasteiger partial charge < -0.3 is 14.3 Å². The van der Waals surface area contributed by atoms with Crippen LogP contribution in [-0.4, -0.2) is 63.8 Å². The Morgan fingerprint density at radius 2 is 2.03 bits per heavy atom. The van der Waals surface area contributed by atoms with Crippen molar-refractivity contribution in [3.8, 4) is 5.69 Å². The molecule has 0 bridgehead atoms. The Bertz CT molecular complexity index is 1300. The van der Waals surface area contributed by atoms with Crippen LogP contribution in [0.5, 0.6) is 0 Å². The van der Waals surface area contributed by atoms with Crippen molar-refractivity contribution in [2.45, 2.75) is 65.5 Å². The van der Waals surface area contributed by atoms with Crippen molar-refractivity contribution in [3.05, 3.63) is 58.8 Å². The summed E-state index contributed by atoms with van der Waals surface area (Å²) in [4.78, 5) is 32.8. The zero-order valence-corrected chi connectivity index (χ0v) is 23.7. The number of carbonyl (C=O) groups is 2. The van der Waals surface area contributed by atoms with Crippen LogP contribution in [0.1, 0.15) is 62.9 Å². The lowest BCUT2D eigenvalue weighted by atomic mass is 9.97. The molecular weight excluding hydrogens is 503 g/mol. The minimum Gasteiger partial charge on any atom is -0.339 e. The summed E-state index contributed by atoms with van der Waals surface area (Å²) in [5.74, 6) is 0.225. The maximum atomic E-state index is 14.3. The zero-order chi connectivity index (χ0) is 27.6. The molecule has 1 aliphatic rings. The highest BCUT2D eigenvalue weighted by atomic mass is 35.5. The molecule has 3 heterocycles. The van der Waals surface area contributed by atoms with Crippen molar-refractivity contribution in [1.82, 2.24) is 19.4 Å². The van der Waals surface area contributed by atoms with Gasteiger partial charge in [-0.3, -0.25) is 14.7 Å². The van der Waals surface area contributed by atoms with Crippen LogP contribution in [0.3, 0.4) is 0 Å². The van der Waals surface area contributed by atoms with Crippen molar-refractivity contribution >= 4 is 34.7 Å². The minimum atomic E-state index is -0.456. The van der Waals surface area contributed by atoms with Crippen molar-refractivity contribution in [1.29, 1.82) is 0 Å². The number of aromatic nitrogens is 2. The number of likely N-dealkylation sites (tertiary alicyclic amines) is 1. The van der Waals surface area contributed by atoms with Gasteiger partial charge in [-0.2, -0.15) is 0 Å². The largest absolute Gasteiger partial charge is 0.339 e. The van der Waals surface area contributed by atoms with E-state index in [-0.39, 0.29) is 11.9 Å². The molecule has 8 heteroatoms. The average Bonchev–Trinajstić information content (AvgIpc) is 3.49. The third kappa shape index (κ3) is 5.79. The third-order valence-electron chi connectivity index (χ3n) is 7.93. The molecule has 1 fully saturated rings. The summed E-state index contributed by atoms with van der Waals surface area (Å²) in [6.07, 6.45) is 9.83. The Morgan fingerprint density at radius 1 is 1.26 bits per heavy atom. The number of fused-ring (bicyclic) bond motifs is 1. The van der Waals surface area contributed by atoms with E-state index in [4.69, 9.17) is 11.6 Å². The second-order valence-electron chi connectivity index (χ2n) is 11.1. The van der Waals surface area contributed by atoms with E-state index in [1.807, 2.05) is 24.6 Å². The van der Waals surface area contributed by atoms with Gasteiger partial charge in [-0.1, -0.05) is 25.4 Å². The van der Waals surface area contributed by atoms with E-state index < -0.39 is 5.82 Å². The predicted octanol–water partition coefficient (Wildman–Crippen LogP) is 6.17. The monoisotopic (exact) mass is 540 g/mol. The van der Waals surface area contributed by atoms with Gasteiger partial charge in [0.2, 0.25) is 0 Å². The second kappa shape index (κ2) is 12.0. The SMILES string of the molecule is CC(C)C(CCC=O)N1CC[C@H](Cc2cn(-c3ccc(F)cc3C(=O)N(C)C(C)C)c3cncc(Cl)c23)C1. The van der Waals surface area contributed by atoms with E-state index in [2.05, 4.69) is 23.7 Å². The first kappa shape index (κ1) is 28.2. The van der Waals surface area contributed by atoms with Crippen molar-refractivity contribution in [3.63, 3.8) is 0 Å². The number of rotatable bonds is 10. The van der Waals surface area contributed by atoms with E-state index >= 15 is 0 Å². The molecule has 1 aromatic carbocycles. The predicted molar refractivity (Wildman–Crippen MR) is 151 cm³/mol. The second-order valence-corrected chi connectivity index (χ2v) is 11.5. The van der Waals surface area contributed by atoms with Crippen LogP contribution in [0, 0.1) is 17.7 Å². The van der Waals surface area contributed by atoms with Crippen LogP contribution >= 0.6 is 11.6 Å². The van der Waals surface area contributed by atoms with E-state index in [9.17, 15) is 14.0 Å². The molecule has 2 aromatic heterocycles. The number of pyridine rings is 1. The van der Waals surface area contributed by atoms with E-state index in [0.717, 1.165) is 55.1 Å². The number of aldehydes is 1. The van der Waals surface area contributed by atoms with Gasteiger partial charge in [0.25, 0.3) is 5.91 Å². The van der Waals surface area contributed by atoms with Crippen LogP contribution in [0.2, 0.25) is 5.02 Å². The molecule has 3 aromatic rings. The molecule has 2 atom stereocenters. The fourth-order valence-electron chi connectivity index (χ4n) is 5.70. The summed E-state index contributed by atoms with van der Waals surface area (Å²) in [7, 11) is 1.73. The highest BCUT2D eigenvalue weighted by Gasteiger charge is 2.31. The molecule has 204 valence electrons. The molecule has 1 unspecified atom stereocenters. The Hall–Kier alpha value is -2.77. The molecule has 0 N–H and O–H groups in total. The number of hydrogen-bond acceptors (Lipinski definition) is 4. The maximum Gasteiger partial charge on any atom is 0.256 e. The molecule has 6 nitrogen and oxygen atoms in total. The average molecular weight is 541 g/mol. The number of nitrogens with zero attached hydrogens (tertiary/aromatic N) is 4. The normalized spacial score (nSPS) is 17.0. The van der Waals surface area contributed by atoms with Gasteiger partial charge in [0.05, 0.1) is 28.0 Å². The van der Waals surface area contributed by atoms with Crippen LogP contribution in [0.15, 0.2) is 36.8 Å². The summed E-state index contributed by atoms with van der Waals surface area (Å²) in [5, 5.41) is 1.48. The minimum absolute atomic E-state index is 0.0294. The smallest absolute Gasteiger partial charge is 0.256 e. The molecule has 38 heavy (non-hydrogen) atoms. The first-order valence-corrected chi connectivity index (χ1v) is 13.9. The number of carbonyl (C=O) groups excluding carboxylic acids is 2. The van der Waals surface area contributed by atoms with E-state index in [0.29, 0.717) is 40.6 Å². The standard InChI is InChI=1S/C30H38ClFN4O2/c1-19(2)26(7-6-12-37)35-11-10-21(17-35)13-22-18-36(28-16-33-15-25(31)29(22)28)27-9-8-23(32)14-24(27)30(38)34(5)20(3)4/h8-9,12,14-16,18-21,26H,6-7,10-11,13,17H2,1-5H3/t21-,26?/m1/s1. The van der Waals surface area contributed by atoms with Gasteiger partial charge in [0.15, 0.2) is 0 Å². The summed E-state index contributed by atoms with van der Waals surface area (Å²) in [6, 6.07) is 4.70. The zero-order valence-electron chi connectivity index (χ0n) is 23.0. The maximum absolute atomic E-state index is 14.3. The van der Waals surface area contributed by atoms with Gasteiger partial charge in [-0.05, 0) is 75.3 Å². The molecule has 0 spiro atoms. The molecule has 1 aliphatic heterocycles. The van der Waals surface area contributed by atoms with Gasteiger partial charge in [-0.25, -0.2) is 4.39 Å². The van der Waals surface area contributed by atoms with Gasteiger partial charge >= 0.3 is 0 Å². The number of hydrogen-bond donors (Lipinski definition) is 0.